The Morgan fingerprint density at radius 3 is 1.74 bits per heavy atom. The number of carbonyl (C=O) groups is 1. The molecule has 0 aliphatic carbocycles. The minimum Gasteiger partial charge on any atom is -0.394 e. The number of aliphatic hydroxyl groups excluding tert-OH is 5. The van der Waals surface area contributed by atoms with Crippen LogP contribution in [0.2, 0.25) is 0 Å². The molecule has 1 saturated heterocycles. The van der Waals surface area contributed by atoms with Gasteiger partial charge < -0.3 is 40.3 Å². The molecule has 1 fully saturated rings. The molecular formula is C41H75NO8. The van der Waals surface area contributed by atoms with Crippen LogP contribution in [-0.4, -0.2) is 87.5 Å². The maximum atomic E-state index is 12.8. The first-order valence-corrected chi connectivity index (χ1v) is 20.2. The smallest absolute Gasteiger partial charge is 0.220 e. The summed E-state index contributed by atoms with van der Waals surface area (Å²) in [5.41, 5.74) is 0. The number of nitrogens with one attached hydrogen (secondary N) is 1. The maximum Gasteiger partial charge on any atom is 0.220 e. The summed E-state index contributed by atoms with van der Waals surface area (Å²) >= 11 is 0. The number of amides is 1. The lowest BCUT2D eigenvalue weighted by molar-refractivity contribution is -0.302. The third-order valence-electron chi connectivity index (χ3n) is 9.44. The molecule has 292 valence electrons. The summed E-state index contributed by atoms with van der Waals surface area (Å²) < 4.78 is 11.1. The monoisotopic (exact) mass is 710 g/mol. The zero-order valence-corrected chi connectivity index (χ0v) is 31.6. The average molecular weight is 710 g/mol. The number of hydrogen-bond acceptors (Lipinski definition) is 8. The summed E-state index contributed by atoms with van der Waals surface area (Å²) in [6.45, 7) is 3.68. The van der Waals surface area contributed by atoms with Gasteiger partial charge >= 0.3 is 0 Å². The van der Waals surface area contributed by atoms with Crippen molar-refractivity contribution in [3.8, 4) is 0 Å². The fourth-order valence-corrected chi connectivity index (χ4v) is 6.09. The molecule has 1 aliphatic rings. The van der Waals surface area contributed by atoms with Crippen LogP contribution in [0.25, 0.3) is 0 Å². The van der Waals surface area contributed by atoms with E-state index in [0.717, 1.165) is 64.2 Å². The lowest BCUT2D eigenvalue weighted by atomic mass is 9.99. The molecule has 1 heterocycles. The summed E-state index contributed by atoms with van der Waals surface area (Å²) in [6, 6.07) is -0.822. The first-order valence-electron chi connectivity index (χ1n) is 20.2. The topological polar surface area (TPSA) is 149 Å². The van der Waals surface area contributed by atoms with E-state index < -0.39 is 49.5 Å². The third kappa shape index (κ3) is 23.1. The third-order valence-corrected chi connectivity index (χ3v) is 9.44. The predicted molar refractivity (Wildman–Crippen MR) is 203 cm³/mol. The maximum absolute atomic E-state index is 12.8. The molecule has 7 atom stereocenters. The normalized spacial score (nSPS) is 22.6. The minimum atomic E-state index is -1.57. The van der Waals surface area contributed by atoms with E-state index in [9.17, 15) is 30.3 Å². The number of carbonyl (C=O) groups excluding carboxylic acids is 1. The molecule has 1 rings (SSSR count). The highest BCUT2D eigenvalue weighted by atomic mass is 16.7. The Kier molecular flexibility index (Phi) is 29.8. The number of rotatable bonds is 32. The van der Waals surface area contributed by atoms with Crippen LogP contribution in [0.15, 0.2) is 36.5 Å². The molecular weight excluding hydrogens is 634 g/mol. The molecule has 6 N–H and O–H groups in total. The van der Waals surface area contributed by atoms with Gasteiger partial charge in [-0.15, -0.1) is 0 Å². The van der Waals surface area contributed by atoms with Crippen molar-refractivity contribution in [3.05, 3.63) is 36.5 Å². The van der Waals surface area contributed by atoms with Crippen LogP contribution in [0.4, 0.5) is 0 Å². The van der Waals surface area contributed by atoms with E-state index in [-0.39, 0.29) is 12.5 Å². The van der Waals surface area contributed by atoms with Crippen LogP contribution in [0.1, 0.15) is 162 Å². The molecule has 0 radical (unpaired) electrons. The SMILES string of the molecule is CCCC/C=C\CCCCCCCC(=O)NC(COC1OC(CO)C(O)C(O)C1O)C(O)/C=C/CC/C=C/CCCCCCCCCCCC. The molecule has 50 heavy (non-hydrogen) atoms. The van der Waals surface area contributed by atoms with Crippen molar-refractivity contribution < 1.29 is 39.8 Å². The fraction of sp³-hybridized carbons (Fsp3) is 0.829. The van der Waals surface area contributed by atoms with E-state index >= 15 is 0 Å². The van der Waals surface area contributed by atoms with Crippen molar-refractivity contribution in [1.29, 1.82) is 0 Å². The molecule has 9 nitrogen and oxygen atoms in total. The fourth-order valence-electron chi connectivity index (χ4n) is 6.09. The van der Waals surface area contributed by atoms with Crippen molar-refractivity contribution in [2.45, 2.75) is 204 Å². The molecule has 9 heteroatoms. The van der Waals surface area contributed by atoms with E-state index in [1.807, 2.05) is 6.08 Å². The van der Waals surface area contributed by atoms with E-state index in [0.29, 0.717) is 6.42 Å². The first kappa shape index (κ1) is 46.4. The Morgan fingerprint density at radius 1 is 0.660 bits per heavy atom. The molecule has 0 bridgehead atoms. The number of aliphatic hydroxyl groups is 5. The van der Waals surface area contributed by atoms with Crippen molar-refractivity contribution in [1.82, 2.24) is 5.32 Å². The van der Waals surface area contributed by atoms with Crippen LogP contribution in [0.5, 0.6) is 0 Å². The zero-order valence-electron chi connectivity index (χ0n) is 31.6. The van der Waals surface area contributed by atoms with Gasteiger partial charge in [-0.1, -0.05) is 140 Å². The highest BCUT2D eigenvalue weighted by molar-refractivity contribution is 5.76. The van der Waals surface area contributed by atoms with Crippen LogP contribution in [0.3, 0.4) is 0 Å². The van der Waals surface area contributed by atoms with Gasteiger partial charge in [0.15, 0.2) is 6.29 Å². The molecule has 7 unspecified atom stereocenters. The van der Waals surface area contributed by atoms with Gasteiger partial charge in [-0.05, 0) is 51.4 Å². The second-order valence-corrected chi connectivity index (χ2v) is 14.1. The molecule has 0 aromatic rings. The van der Waals surface area contributed by atoms with Gasteiger partial charge in [0.1, 0.15) is 24.4 Å². The van der Waals surface area contributed by atoms with E-state index in [1.54, 1.807) is 6.08 Å². The Hall–Kier alpha value is -1.59. The van der Waals surface area contributed by atoms with Gasteiger partial charge in [0.2, 0.25) is 5.91 Å². The largest absolute Gasteiger partial charge is 0.394 e. The van der Waals surface area contributed by atoms with Crippen molar-refractivity contribution >= 4 is 5.91 Å². The van der Waals surface area contributed by atoms with Gasteiger partial charge in [0, 0.05) is 6.42 Å². The summed E-state index contributed by atoms with van der Waals surface area (Å²) in [5, 5.41) is 53.9. The highest BCUT2D eigenvalue weighted by Gasteiger charge is 2.44. The zero-order chi connectivity index (χ0) is 36.7. The predicted octanol–water partition coefficient (Wildman–Crippen LogP) is 7.33. The Labute approximate surface area is 304 Å². The molecule has 0 spiro atoms. The van der Waals surface area contributed by atoms with Crippen LogP contribution >= 0.6 is 0 Å². The summed E-state index contributed by atoms with van der Waals surface area (Å²) in [5.74, 6) is -0.200. The summed E-state index contributed by atoms with van der Waals surface area (Å²) in [6.07, 6.45) is 30.5. The van der Waals surface area contributed by atoms with Gasteiger partial charge in [-0.25, -0.2) is 0 Å². The summed E-state index contributed by atoms with van der Waals surface area (Å²) in [4.78, 5) is 12.8. The van der Waals surface area contributed by atoms with Crippen LogP contribution in [-0.2, 0) is 14.3 Å². The van der Waals surface area contributed by atoms with E-state index in [1.165, 1.54) is 77.0 Å². The minimum absolute atomic E-state index is 0.200. The molecule has 1 amide bonds. The van der Waals surface area contributed by atoms with E-state index in [2.05, 4.69) is 43.5 Å². The van der Waals surface area contributed by atoms with Crippen molar-refractivity contribution in [3.63, 3.8) is 0 Å². The second kappa shape index (κ2) is 32.1. The second-order valence-electron chi connectivity index (χ2n) is 14.1. The average Bonchev–Trinajstić information content (AvgIpc) is 3.11. The molecule has 0 saturated carbocycles. The number of ether oxygens (including phenoxy) is 2. The lowest BCUT2D eigenvalue weighted by Gasteiger charge is -2.40. The lowest BCUT2D eigenvalue weighted by Crippen LogP contribution is -2.60. The van der Waals surface area contributed by atoms with Gasteiger partial charge in [0.25, 0.3) is 0 Å². The standard InChI is InChI=1S/C41H75NO8/c1-3-5-7-9-11-13-15-16-17-18-19-21-22-24-26-28-30-35(44)34(33-49-41-40(48)39(47)38(46)36(32-43)50-41)42-37(45)31-29-27-25-23-20-14-12-10-8-6-4-2/h10,12,21-22,28,30,34-36,38-41,43-44,46-48H,3-9,11,13-20,23-27,29,31-33H2,1-2H3,(H,42,45)/b12-10-,22-21+,30-28+. The molecule has 0 aromatic heterocycles. The highest BCUT2D eigenvalue weighted by Crippen LogP contribution is 2.22. The van der Waals surface area contributed by atoms with Crippen LogP contribution in [0, 0.1) is 0 Å². The van der Waals surface area contributed by atoms with Crippen molar-refractivity contribution in [2.75, 3.05) is 13.2 Å². The van der Waals surface area contributed by atoms with Gasteiger partial charge in [0.05, 0.1) is 25.4 Å². The van der Waals surface area contributed by atoms with Crippen LogP contribution < -0.4 is 5.32 Å². The Morgan fingerprint density at radius 2 is 1.16 bits per heavy atom. The number of unbranched alkanes of at least 4 members (excludes halogenated alkanes) is 18. The Bertz CT molecular complexity index is 879. The van der Waals surface area contributed by atoms with E-state index in [4.69, 9.17) is 9.47 Å². The molecule has 1 aliphatic heterocycles. The first-order chi connectivity index (χ1) is 24.3. The van der Waals surface area contributed by atoms with Gasteiger partial charge in [-0.2, -0.15) is 0 Å². The summed E-state index contributed by atoms with van der Waals surface area (Å²) in [7, 11) is 0. The van der Waals surface area contributed by atoms with Gasteiger partial charge in [-0.3, -0.25) is 4.79 Å². The number of allylic oxidation sites excluding steroid dienone is 5. The quantitative estimate of drug-likeness (QED) is 0.0314. The Balaban J connectivity index is 2.46. The number of hydrogen-bond donors (Lipinski definition) is 6. The molecule has 0 aromatic carbocycles. The van der Waals surface area contributed by atoms with Crippen molar-refractivity contribution in [2.24, 2.45) is 0 Å².